The van der Waals surface area contributed by atoms with Crippen LogP contribution >= 0.6 is 0 Å². The van der Waals surface area contributed by atoms with Gasteiger partial charge in [0.15, 0.2) is 17.3 Å². The molecule has 2 rings (SSSR count). The maximum absolute atomic E-state index is 10.5. The first kappa shape index (κ1) is 19.1. The van der Waals surface area contributed by atoms with E-state index in [9.17, 15) is 5.11 Å². The summed E-state index contributed by atoms with van der Waals surface area (Å²) in [5.41, 5.74) is 7.16. The van der Waals surface area contributed by atoms with Crippen LogP contribution in [0.3, 0.4) is 0 Å². The zero-order valence-electron chi connectivity index (χ0n) is 14.8. The Balaban J connectivity index is 2.28. The van der Waals surface area contributed by atoms with Crippen molar-refractivity contribution in [1.29, 1.82) is 0 Å². The number of methoxy groups -OCH3 is 2. The number of nitrogens with zero attached hydrogens (tertiary/aromatic N) is 2. The summed E-state index contributed by atoms with van der Waals surface area (Å²) in [6.07, 6.45) is 5.50. The number of aliphatic hydroxyl groups is 1. The van der Waals surface area contributed by atoms with Crippen LogP contribution in [0.1, 0.15) is 24.0 Å². The quantitative estimate of drug-likeness (QED) is 0.284. The van der Waals surface area contributed by atoms with Crippen molar-refractivity contribution < 1.29 is 19.8 Å². The summed E-state index contributed by atoms with van der Waals surface area (Å²) in [7, 11) is 3.15. The Hall–Kier alpha value is -2.25. The van der Waals surface area contributed by atoms with Gasteiger partial charge in [0.1, 0.15) is 0 Å². The van der Waals surface area contributed by atoms with Crippen molar-refractivity contribution in [2.24, 2.45) is 10.9 Å². The van der Waals surface area contributed by atoms with E-state index in [4.69, 9.17) is 20.4 Å². The van der Waals surface area contributed by atoms with Crippen molar-refractivity contribution in [3.63, 3.8) is 0 Å². The molecule has 1 aromatic carbocycles. The van der Waals surface area contributed by atoms with Gasteiger partial charge in [-0.15, -0.1) is 0 Å². The molecule has 1 heterocycles. The second-order valence-electron chi connectivity index (χ2n) is 6.09. The molecule has 0 radical (unpaired) electrons. The third kappa shape index (κ3) is 5.11. The number of rotatable bonds is 8. The van der Waals surface area contributed by atoms with Crippen LogP contribution in [0.25, 0.3) is 6.08 Å². The summed E-state index contributed by atoms with van der Waals surface area (Å²) >= 11 is 0. The second-order valence-corrected chi connectivity index (χ2v) is 6.09. The molecule has 0 aromatic heterocycles. The number of likely N-dealkylation sites (tertiary alicyclic amines) is 1. The van der Waals surface area contributed by atoms with Crippen LogP contribution in [0.15, 0.2) is 23.4 Å². The van der Waals surface area contributed by atoms with E-state index in [1.165, 1.54) is 18.9 Å². The molecule has 4 N–H and O–H groups in total. The summed E-state index contributed by atoms with van der Waals surface area (Å²) in [5.74, 6) is 1.19. The number of benzene rings is 1. The van der Waals surface area contributed by atoms with E-state index in [0.29, 0.717) is 24.5 Å². The molecule has 1 aromatic rings. The number of ether oxygens (including phenoxy) is 2. The van der Waals surface area contributed by atoms with Crippen molar-refractivity contribution in [1.82, 2.24) is 4.90 Å². The minimum absolute atomic E-state index is 0.00153. The van der Waals surface area contributed by atoms with Crippen molar-refractivity contribution in [2.75, 3.05) is 33.9 Å². The van der Waals surface area contributed by atoms with Gasteiger partial charge in [-0.25, -0.2) is 0 Å². The highest BCUT2D eigenvalue weighted by molar-refractivity contribution is 5.94. The Bertz CT molecular complexity index is 625. The van der Waals surface area contributed by atoms with Gasteiger partial charge in [0.25, 0.3) is 0 Å². The van der Waals surface area contributed by atoms with E-state index in [0.717, 1.165) is 24.2 Å². The highest BCUT2D eigenvalue weighted by Crippen LogP contribution is 2.35. The molecule has 0 spiro atoms. The van der Waals surface area contributed by atoms with Crippen LogP contribution in [0.2, 0.25) is 0 Å². The molecule has 1 aliphatic heterocycles. The maximum Gasteiger partial charge on any atom is 0.164 e. The predicted octanol–water partition coefficient (Wildman–Crippen LogP) is 1.46. The highest BCUT2D eigenvalue weighted by atomic mass is 16.5. The van der Waals surface area contributed by atoms with Gasteiger partial charge in [0.05, 0.1) is 20.3 Å². The van der Waals surface area contributed by atoms with Gasteiger partial charge >= 0.3 is 0 Å². The molecule has 25 heavy (non-hydrogen) atoms. The molecule has 0 amide bonds. The summed E-state index contributed by atoms with van der Waals surface area (Å²) in [6, 6.07) is 3.65. The molecule has 0 saturated carbocycles. The third-order valence-corrected chi connectivity index (χ3v) is 4.34. The second kappa shape index (κ2) is 9.29. The van der Waals surface area contributed by atoms with Gasteiger partial charge in [-0.05, 0) is 43.6 Å². The fourth-order valence-corrected chi connectivity index (χ4v) is 3.14. The number of hydrogen-bond acceptors (Lipinski definition) is 6. The van der Waals surface area contributed by atoms with Gasteiger partial charge in [-0.3, -0.25) is 0 Å². The summed E-state index contributed by atoms with van der Waals surface area (Å²) in [5, 5.41) is 22.2. The van der Waals surface area contributed by atoms with Crippen LogP contribution in [0.5, 0.6) is 11.5 Å². The van der Waals surface area contributed by atoms with E-state index < -0.39 is 6.10 Å². The Morgan fingerprint density at radius 3 is 2.64 bits per heavy atom. The van der Waals surface area contributed by atoms with Crippen LogP contribution < -0.4 is 15.2 Å². The molecule has 1 fully saturated rings. The lowest BCUT2D eigenvalue weighted by Crippen LogP contribution is -2.31. The standard InChI is InChI=1S/C18H27N3O4/c1-24-16-7-5-13(6-8-17(19)20-23)15(18(16)25-2)11-14(22)12-21-9-3-4-10-21/h5-8,14,22-23H,3-4,9-12H2,1-2H3,(H2,19,20). The van der Waals surface area contributed by atoms with Crippen LogP contribution in [-0.2, 0) is 6.42 Å². The topological polar surface area (TPSA) is 101 Å². The molecule has 1 atom stereocenters. The van der Waals surface area contributed by atoms with E-state index in [-0.39, 0.29) is 5.84 Å². The average molecular weight is 349 g/mol. The van der Waals surface area contributed by atoms with Crippen LogP contribution in [0.4, 0.5) is 0 Å². The van der Waals surface area contributed by atoms with Gasteiger partial charge in [-0.2, -0.15) is 0 Å². The summed E-state index contributed by atoms with van der Waals surface area (Å²) in [4.78, 5) is 2.27. The number of amidine groups is 1. The SMILES string of the molecule is COc1ccc(C=CC(N)=NO)c(CC(O)CN2CCCC2)c1OC. The number of aliphatic hydroxyl groups excluding tert-OH is 1. The zero-order chi connectivity index (χ0) is 18.2. The van der Waals surface area contributed by atoms with Gasteiger partial charge in [0, 0.05) is 18.5 Å². The predicted molar refractivity (Wildman–Crippen MR) is 97.4 cm³/mol. The number of oxime groups is 1. The summed E-state index contributed by atoms with van der Waals surface area (Å²) in [6.45, 7) is 2.69. The van der Waals surface area contributed by atoms with Gasteiger partial charge < -0.3 is 30.4 Å². The molecule has 0 bridgehead atoms. The monoisotopic (exact) mass is 349 g/mol. The Morgan fingerprint density at radius 2 is 2.04 bits per heavy atom. The largest absolute Gasteiger partial charge is 0.493 e. The highest BCUT2D eigenvalue weighted by Gasteiger charge is 2.20. The minimum Gasteiger partial charge on any atom is -0.493 e. The first-order valence-electron chi connectivity index (χ1n) is 8.39. The first-order valence-corrected chi connectivity index (χ1v) is 8.39. The molecule has 138 valence electrons. The van der Waals surface area contributed by atoms with Gasteiger partial charge in [-0.1, -0.05) is 17.3 Å². The van der Waals surface area contributed by atoms with Gasteiger partial charge in [0.2, 0.25) is 0 Å². The first-order chi connectivity index (χ1) is 12.1. The van der Waals surface area contributed by atoms with Crippen molar-refractivity contribution in [3.05, 3.63) is 29.3 Å². The number of β-amino-alcohol motifs (C(OH)–C–C–N with tert-alkyl or cyclic N) is 1. The lowest BCUT2D eigenvalue weighted by atomic mass is 9.98. The average Bonchev–Trinajstić information content (AvgIpc) is 3.12. The molecule has 1 saturated heterocycles. The lowest BCUT2D eigenvalue weighted by molar-refractivity contribution is 0.124. The molecule has 1 aliphatic rings. The lowest BCUT2D eigenvalue weighted by Gasteiger charge is -2.22. The maximum atomic E-state index is 10.5. The van der Waals surface area contributed by atoms with Crippen molar-refractivity contribution in [3.8, 4) is 11.5 Å². The van der Waals surface area contributed by atoms with Crippen molar-refractivity contribution in [2.45, 2.75) is 25.4 Å². The fourth-order valence-electron chi connectivity index (χ4n) is 3.14. The summed E-state index contributed by atoms with van der Waals surface area (Å²) < 4.78 is 10.9. The Kier molecular flexibility index (Phi) is 7.09. The smallest absolute Gasteiger partial charge is 0.164 e. The van der Waals surface area contributed by atoms with E-state index in [2.05, 4.69) is 10.1 Å². The van der Waals surface area contributed by atoms with Crippen LogP contribution in [0, 0.1) is 0 Å². The molecule has 7 heteroatoms. The molecular formula is C18H27N3O4. The number of hydrogen-bond donors (Lipinski definition) is 3. The van der Waals surface area contributed by atoms with Crippen molar-refractivity contribution >= 4 is 11.9 Å². The van der Waals surface area contributed by atoms with E-state index in [1.54, 1.807) is 26.4 Å². The van der Waals surface area contributed by atoms with E-state index in [1.807, 2.05) is 6.07 Å². The Morgan fingerprint density at radius 1 is 1.32 bits per heavy atom. The number of nitrogens with two attached hydrogens (primary N) is 1. The minimum atomic E-state index is -0.518. The molecule has 1 unspecified atom stereocenters. The fraction of sp³-hybridized carbons (Fsp3) is 0.500. The Labute approximate surface area is 148 Å². The molecular weight excluding hydrogens is 322 g/mol. The molecule has 0 aliphatic carbocycles. The molecule has 7 nitrogen and oxygen atoms in total. The van der Waals surface area contributed by atoms with Crippen LogP contribution in [-0.4, -0.2) is 61.0 Å². The van der Waals surface area contributed by atoms with E-state index >= 15 is 0 Å². The normalized spacial score (nSPS) is 17.2. The zero-order valence-corrected chi connectivity index (χ0v) is 14.8. The third-order valence-electron chi connectivity index (χ3n) is 4.34.